The molecule has 0 aliphatic rings. The van der Waals surface area contributed by atoms with E-state index in [2.05, 4.69) is 126 Å². The maximum absolute atomic E-state index is 4.98. The van der Waals surface area contributed by atoms with E-state index < -0.39 is 0 Å². The maximum atomic E-state index is 4.98. The molecule has 0 amide bonds. The molecule has 0 spiro atoms. The van der Waals surface area contributed by atoms with Gasteiger partial charge in [0, 0.05) is 17.3 Å². The minimum Gasteiger partial charge on any atom is -0.299 e. The van der Waals surface area contributed by atoms with Gasteiger partial charge < -0.3 is 0 Å². The molecule has 0 fully saturated rings. The maximum Gasteiger partial charge on any atom is 0.137 e. The van der Waals surface area contributed by atoms with Crippen molar-refractivity contribution >= 4 is 38.0 Å². The summed E-state index contributed by atoms with van der Waals surface area (Å²) in [5, 5.41) is 7.89. The summed E-state index contributed by atoms with van der Waals surface area (Å²) in [5.74, 6) is 0. The predicted molar refractivity (Wildman–Crippen MR) is 155 cm³/mol. The van der Waals surface area contributed by atoms with E-state index in [0.29, 0.717) is 0 Å². The Morgan fingerprint density at radius 1 is 0.432 bits per heavy atom. The molecule has 2 heteroatoms. The first kappa shape index (κ1) is 20.3. The first-order chi connectivity index (χ1) is 18.3. The Morgan fingerprint density at radius 3 is 1.78 bits per heavy atom. The molecule has 8 rings (SSSR count). The lowest BCUT2D eigenvalue weighted by Gasteiger charge is -2.13. The van der Waals surface area contributed by atoms with Crippen LogP contribution in [0.4, 0.5) is 0 Å². The number of pyridine rings is 1. The van der Waals surface area contributed by atoms with Gasteiger partial charge in [-0.3, -0.25) is 4.40 Å². The van der Waals surface area contributed by atoms with Crippen LogP contribution in [0.5, 0.6) is 0 Å². The molecule has 37 heavy (non-hydrogen) atoms. The molecular weight excluding hydrogens is 448 g/mol. The number of hydrogen-bond acceptors (Lipinski definition) is 1. The summed E-state index contributed by atoms with van der Waals surface area (Å²) in [6, 6.07) is 45.7. The number of aromatic nitrogens is 2. The second-order valence-corrected chi connectivity index (χ2v) is 9.69. The van der Waals surface area contributed by atoms with E-state index in [1.165, 1.54) is 43.4 Å². The van der Waals surface area contributed by atoms with Crippen LogP contribution in [0.25, 0.3) is 71.6 Å². The molecule has 0 atom stereocenters. The number of benzene rings is 6. The van der Waals surface area contributed by atoms with Gasteiger partial charge in [-0.1, -0.05) is 103 Å². The van der Waals surface area contributed by atoms with Gasteiger partial charge in [-0.15, -0.1) is 0 Å². The van der Waals surface area contributed by atoms with Crippen LogP contribution >= 0.6 is 0 Å². The summed E-state index contributed by atoms with van der Waals surface area (Å²) in [4.78, 5) is 4.98. The average Bonchev–Trinajstić information content (AvgIpc) is 3.36. The zero-order chi connectivity index (χ0) is 24.3. The van der Waals surface area contributed by atoms with Crippen molar-refractivity contribution in [2.24, 2.45) is 0 Å². The topological polar surface area (TPSA) is 17.3 Å². The van der Waals surface area contributed by atoms with E-state index in [0.717, 1.165) is 28.2 Å². The van der Waals surface area contributed by atoms with E-state index >= 15 is 0 Å². The van der Waals surface area contributed by atoms with Crippen LogP contribution in [0.15, 0.2) is 134 Å². The van der Waals surface area contributed by atoms with Crippen LogP contribution in [0, 0.1) is 0 Å². The van der Waals surface area contributed by atoms with Crippen molar-refractivity contribution in [1.82, 2.24) is 9.38 Å². The van der Waals surface area contributed by atoms with E-state index in [1.807, 2.05) is 12.1 Å². The minimum absolute atomic E-state index is 0.951. The van der Waals surface area contributed by atoms with E-state index in [9.17, 15) is 0 Å². The van der Waals surface area contributed by atoms with Gasteiger partial charge in [0.1, 0.15) is 5.65 Å². The highest BCUT2D eigenvalue weighted by Crippen LogP contribution is 2.38. The zero-order valence-electron chi connectivity index (χ0n) is 20.1. The molecule has 0 unspecified atom stereocenters. The fourth-order valence-corrected chi connectivity index (χ4v) is 5.81. The Bertz CT molecular complexity index is 2000. The van der Waals surface area contributed by atoms with Gasteiger partial charge in [0.25, 0.3) is 0 Å². The normalized spacial score (nSPS) is 11.8. The van der Waals surface area contributed by atoms with Gasteiger partial charge in [0.15, 0.2) is 0 Å². The molecule has 172 valence electrons. The summed E-state index contributed by atoms with van der Waals surface area (Å²) < 4.78 is 2.19. The second-order valence-electron chi connectivity index (χ2n) is 9.69. The van der Waals surface area contributed by atoms with Crippen molar-refractivity contribution in [3.63, 3.8) is 0 Å². The molecule has 0 N–H and O–H groups in total. The fraction of sp³-hybridized carbons (Fsp3) is 0. The third-order valence-electron chi connectivity index (χ3n) is 7.53. The van der Waals surface area contributed by atoms with Crippen LogP contribution in [0.1, 0.15) is 0 Å². The quantitative estimate of drug-likeness (QED) is 0.235. The molecule has 0 bridgehead atoms. The van der Waals surface area contributed by atoms with Crippen molar-refractivity contribution in [3.05, 3.63) is 134 Å². The van der Waals surface area contributed by atoms with Gasteiger partial charge in [0.2, 0.25) is 0 Å². The van der Waals surface area contributed by atoms with E-state index in [4.69, 9.17) is 4.98 Å². The van der Waals surface area contributed by atoms with E-state index in [1.54, 1.807) is 0 Å². The smallest absolute Gasteiger partial charge is 0.137 e. The van der Waals surface area contributed by atoms with Gasteiger partial charge in [-0.25, -0.2) is 4.98 Å². The fourth-order valence-electron chi connectivity index (χ4n) is 5.81. The summed E-state index contributed by atoms with van der Waals surface area (Å²) in [7, 11) is 0. The highest BCUT2D eigenvalue weighted by molar-refractivity contribution is 6.23. The standard InChI is InChI=1S/C35H22N2/c1-2-7-26(8-3-1)34-35(37-20-5-4-11-31(37)36-34)27-16-12-23(13-17-27)30-21-28-18-14-24-9-6-10-25-15-19-29(22-30)33(28)32(24)25/h1-22H. The molecule has 2 aromatic heterocycles. The first-order valence-corrected chi connectivity index (χ1v) is 12.6. The lowest BCUT2D eigenvalue weighted by molar-refractivity contribution is 1.19. The summed E-state index contributed by atoms with van der Waals surface area (Å²) >= 11 is 0. The third-order valence-corrected chi connectivity index (χ3v) is 7.53. The number of rotatable bonds is 3. The average molecular weight is 471 g/mol. The van der Waals surface area contributed by atoms with Crippen LogP contribution in [-0.4, -0.2) is 9.38 Å². The van der Waals surface area contributed by atoms with Crippen molar-refractivity contribution in [3.8, 4) is 33.6 Å². The third kappa shape index (κ3) is 3.09. The molecule has 0 saturated carbocycles. The number of imidazole rings is 1. The molecule has 0 aliphatic carbocycles. The molecular formula is C35H22N2. The summed E-state index contributed by atoms with van der Waals surface area (Å²) in [6.45, 7) is 0. The number of nitrogens with zero attached hydrogens (tertiary/aromatic N) is 2. The molecule has 8 aromatic rings. The predicted octanol–water partition coefficient (Wildman–Crippen LogP) is 9.23. The summed E-state index contributed by atoms with van der Waals surface area (Å²) in [6.07, 6.45) is 2.09. The Hall–Kier alpha value is -4.95. The Labute approximate surface area is 214 Å². The van der Waals surface area contributed by atoms with Crippen LogP contribution in [0.2, 0.25) is 0 Å². The monoisotopic (exact) mass is 470 g/mol. The highest BCUT2D eigenvalue weighted by Gasteiger charge is 2.16. The SMILES string of the molecule is c1ccc(-c2nc3ccccn3c2-c2ccc(-c3cc4ccc5cccc6ccc(c3)c4c56)cc2)cc1. The zero-order valence-corrected chi connectivity index (χ0v) is 20.1. The molecule has 6 aromatic carbocycles. The molecule has 2 heterocycles. The van der Waals surface area contributed by atoms with Crippen molar-refractivity contribution < 1.29 is 0 Å². The van der Waals surface area contributed by atoms with Crippen molar-refractivity contribution in [1.29, 1.82) is 0 Å². The highest BCUT2D eigenvalue weighted by atomic mass is 15.0. The minimum atomic E-state index is 0.951. The molecule has 0 saturated heterocycles. The molecule has 0 aliphatic heterocycles. The second kappa shape index (κ2) is 7.78. The number of hydrogen-bond donors (Lipinski definition) is 0. The Morgan fingerprint density at radius 2 is 1.05 bits per heavy atom. The molecule has 2 nitrogen and oxygen atoms in total. The van der Waals surface area contributed by atoms with Gasteiger partial charge in [0.05, 0.1) is 11.4 Å². The van der Waals surface area contributed by atoms with Crippen LogP contribution in [-0.2, 0) is 0 Å². The van der Waals surface area contributed by atoms with Crippen molar-refractivity contribution in [2.45, 2.75) is 0 Å². The largest absolute Gasteiger partial charge is 0.299 e. The van der Waals surface area contributed by atoms with Gasteiger partial charge in [-0.05, 0) is 67.7 Å². The Kier molecular flexibility index (Phi) is 4.26. The lowest BCUT2D eigenvalue weighted by atomic mass is 9.91. The van der Waals surface area contributed by atoms with Crippen LogP contribution in [0.3, 0.4) is 0 Å². The summed E-state index contributed by atoms with van der Waals surface area (Å²) in [5.41, 5.74) is 7.79. The number of fused-ring (bicyclic) bond motifs is 1. The Balaban J connectivity index is 1.28. The van der Waals surface area contributed by atoms with Gasteiger partial charge >= 0.3 is 0 Å². The lowest BCUT2D eigenvalue weighted by Crippen LogP contribution is -1.90. The van der Waals surface area contributed by atoms with Crippen molar-refractivity contribution in [2.75, 3.05) is 0 Å². The van der Waals surface area contributed by atoms with E-state index in [-0.39, 0.29) is 0 Å². The molecule has 0 radical (unpaired) electrons. The first-order valence-electron chi connectivity index (χ1n) is 12.6. The van der Waals surface area contributed by atoms with Gasteiger partial charge in [-0.2, -0.15) is 0 Å². The van der Waals surface area contributed by atoms with Crippen LogP contribution < -0.4 is 0 Å².